The fraction of sp³-hybridized carbons (Fsp3) is 0.800. The molecule has 8 heteroatoms. The molecule has 0 aromatic rings. The Balaban J connectivity index is 0. The zero-order valence-corrected chi connectivity index (χ0v) is 13.7. The maximum atomic E-state index is 12.1. The fourth-order valence-electron chi connectivity index (χ4n) is 0.375. The molecular weight excluding hydrogens is 465 g/mol. The molecule has 0 fully saturated rings. The van der Waals surface area contributed by atoms with E-state index in [0.29, 0.717) is 11.8 Å². The van der Waals surface area contributed by atoms with E-state index in [1.54, 1.807) is 0 Å². The Morgan fingerprint density at radius 3 is 2.08 bits per heavy atom. The third kappa shape index (κ3) is 4.18. The Hall–Kier alpha value is -1.48. The summed E-state index contributed by atoms with van der Waals surface area (Å²) in [6.07, 6.45) is -6.24. The van der Waals surface area contributed by atoms with Crippen LogP contribution in [0.15, 0.2) is 0 Å². The van der Waals surface area contributed by atoms with Gasteiger partial charge in [0, 0.05) is 12.2 Å². The van der Waals surface area contributed by atoms with Gasteiger partial charge in [0.25, 0.3) is 0 Å². The first-order valence-electron chi connectivity index (χ1n) is 2.80. The second kappa shape index (κ2) is 4.52. The van der Waals surface area contributed by atoms with Crippen LogP contribution in [0.4, 0.5) is 17.6 Å². The molecule has 0 heterocycles. The van der Waals surface area contributed by atoms with Crippen molar-refractivity contribution in [2.75, 3.05) is 5.75 Å². The number of hydrogen-bond acceptors (Lipinski definition) is 3. The molecule has 2 nitrogen and oxygen atoms in total. The molecule has 0 aromatic heterocycles. The van der Waals surface area contributed by atoms with Gasteiger partial charge in [0.05, 0.1) is 0 Å². The molecule has 0 saturated heterocycles. The number of hydrogen-bond donors (Lipinski definition) is 1. The quantitative estimate of drug-likeness (QED) is 0.388. The van der Waals surface area contributed by atoms with Crippen LogP contribution in [-0.2, 0) is 0 Å². The van der Waals surface area contributed by atoms with Crippen molar-refractivity contribution in [2.45, 2.75) is 18.5 Å². The minimum atomic E-state index is -5.01. The number of alkyl halides is 4. The third-order valence-corrected chi connectivity index (χ3v) is 1.56. The van der Waals surface area contributed by atoms with Crippen molar-refractivity contribution >= 4 is 11.8 Å². The zero-order valence-electron chi connectivity index (χ0n) is 6.44. The molecule has 0 bridgehead atoms. The van der Waals surface area contributed by atoms with Crippen LogP contribution in [0.1, 0.15) is 6.42 Å². The van der Waals surface area contributed by atoms with E-state index >= 15 is 0 Å². The van der Waals surface area contributed by atoms with E-state index in [2.05, 4.69) is 0 Å². The molecule has 0 aliphatic heterocycles. The van der Waals surface area contributed by atoms with Gasteiger partial charge in [-0.05, 0) is 11.8 Å². The number of thiocyanates is 1. The fourth-order valence-corrected chi connectivity index (χ4v) is 0.825. The third-order valence-electron chi connectivity index (χ3n) is 1.02. The normalized spacial score (nSPS) is 11.7. The minimum absolute atomic E-state index is 0. The van der Waals surface area contributed by atoms with Crippen molar-refractivity contribution in [2.24, 2.45) is 0 Å². The second-order valence-corrected chi connectivity index (χ2v) is 2.81. The Labute approximate surface area is 70.2 Å². The van der Waals surface area contributed by atoms with Crippen LogP contribution in [0.2, 0.25) is 0 Å². The number of thioether (sulfide) groups is 1. The van der Waals surface area contributed by atoms with E-state index < -0.39 is 24.2 Å². The van der Waals surface area contributed by atoms with Crippen molar-refractivity contribution in [3.05, 3.63) is 0 Å². The van der Waals surface area contributed by atoms with Crippen LogP contribution in [-0.4, -0.2) is 22.9 Å². The van der Waals surface area contributed by atoms with Gasteiger partial charge in [-0.2, -0.15) is 22.8 Å². The molecule has 0 aliphatic rings. The van der Waals surface area contributed by atoms with Gasteiger partial charge in [-0.3, -0.25) is 0 Å². The molecule has 0 unspecified atom stereocenters. The van der Waals surface area contributed by atoms with Crippen LogP contribution in [0.25, 0.3) is 0 Å². The summed E-state index contributed by atoms with van der Waals surface area (Å²) in [6.45, 7) is 0. The van der Waals surface area contributed by atoms with Gasteiger partial charge < -0.3 is 5.11 Å². The zero-order chi connectivity index (χ0) is 9.83. The number of nitriles is 1. The van der Waals surface area contributed by atoms with Crippen LogP contribution in [0.3, 0.4) is 0 Å². The molecule has 72 valence electrons. The Bertz CT molecular complexity index is 190. The summed E-state index contributed by atoms with van der Waals surface area (Å²) in [4.78, 5) is 0. The molecule has 0 aliphatic carbocycles. The van der Waals surface area contributed by atoms with E-state index in [9.17, 15) is 17.6 Å². The molecule has 0 spiro atoms. The van der Waals surface area contributed by atoms with Gasteiger partial charge in [-0.25, -0.2) is 0 Å². The van der Waals surface area contributed by atoms with E-state index in [1.807, 2.05) is 0 Å². The van der Waals surface area contributed by atoms with Gasteiger partial charge in [0.2, 0.25) is 0 Å². The van der Waals surface area contributed by atoms with E-state index in [0.717, 1.165) is 0 Å². The molecular formula is C5H5F4NORfS. The minimum Gasteiger partial charge on any atom is -0.332 e. The maximum Gasteiger partial charge on any atom is 0.416 e. The molecule has 0 radical (unpaired) electrons. The van der Waals surface area contributed by atoms with E-state index in [4.69, 9.17) is 10.4 Å². The van der Waals surface area contributed by atoms with E-state index in [-0.39, 0.29) is 0 Å². The molecule has 0 rings (SSSR count). The number of rotatable bonds is 4. The molecule has 13 heavy (non-hydrogen) atoms. The Morgan fingerprint density at radius 1 is 1.31 bits per heavy atom. The summed E-state index contributed by atoms with van der Waals surface area (Å²) in [5, 5.41) is 17.0. The molecule has 0 amide bonds. The molecule has 1 N–H and O–H groups in total. The van der Waals surface area contributed by atoms with Gasteiger partial charge >= 0.3 is 12.0 Å². The summed E-state index contributed by atoms with van der Waals surface area (Å²) >= 11 is 0.432. The number of halogens is 4. The summed E-state index contributed by atoms with van der Waals surface area (Å²) in [5.74, 6) is -4.91. The Morgan fingerprint density at radius 2 is 1.77 bits per heavy atom. The van der Waals surface area contributed by atoms with E-state index in [1.165, 1.54) is 5.40 Å². The summed E-state index contributed by atoms with van der Waals surface area (Å²) < 4.78 is 47.5. The monoisotopic (exact) mass is 470 g/mol. The van der Waals surface area contributed by atoms with Gasteiger partial charge in [0.15, 0.2) is 0 Å². The van der Waals surface area contributed by atoms with Crippen molar-refractivity contribution < 1.29 is 22.7 Å². The first kappa shape index (κ1) is 14.1. The first-order valence-corrected chi connectivity index (χ1v) is 3.79. The topological polar surface area (TPSA) is 44.0 Å². The van der Waals surface area contributed by atoms with Crippen molar-refractivity contribution in [3.63, 3.8) is 0 Å². The van der Waals surface area contributed by atoms with Crippen LogP contribution >= 0.6 is 11.8 Å². The second-order valence-electron chi connectivity index (χ2n) is 1.94. The largest absolute Gasteiger partial charge is 0.416 e. The average Bonchev–Trinajstić information content (AvgIpc) is 1.85. The smallest absolute Gasteiger partial charge is 0.332 e. The predicted molar refractivity (Wildman–Crippen MR) is 34.8 cm³/mol. The van der Waals surface area contributed by atoms with Crippen LogP contribution in [0.5, 0.6) is 0 Å². The van der Waals surface area contributed by atoms with Gasteiger partial charge in [-0.1, -0.05) is 0 Å². The SMILES string of the molecule is N#CSCCC(F)(F)C(O)(F)F.[Rf]. The van der Waals surface area contributed by atoms with Crippen molar-refractivity contribution in [1.82, 2.24) is 0 Å². The van der Waals surface area contributed by atoms with Crippen LogP contribution in [0, 0.1) is 10.7 Å². The molecule has 0 aromatic carbocycles. The molecule has 0 saturated carbocycles. The standard InChI is InChI=1S/C5H5F4NOS.Rf/c6-4(7,5(8,9)11)1-2-12-3-10;/h11H,1-2H2;. The maximum absolute atomic E-state index is 12.1. The Kier molecular flexibility index (Phi) is 4.89. The number of aliphatic hydroxyl groups is 1. The summed E-state index contributed by atoms with van der Waals surface area (Å²) in [7, 11) is 0. The van der Waals surface area contributed by atoms with Crippen molar-refractivity contribution in [3.8, 4) is 5.40 Å². The first-order chi connectivity index (χ1) is 5.31. The average molecular weight is 470 g/mol. The predicted octanol–water partition coefficient (Wildman–Crippen LogP) is 1.81. The van der Waals surface area contributed by atoms with Crippen LogP contribution < -0.4 is 0 Å². The summed E-state index contributed by atoms with van der Waals surface area (Å²) in [6, 6.07) is 0. The number of nitrogens with zero attached hydrogens (tertiary/aromatic N) is 1. The summed E-state index contributed by atoms with van der Waals surface area (Å²) in [5.41, 5.74) is 0. The van der Waals surface area contributed by atoms with Gasteiger partial charge in [-0.15, -0.1) is 0 Å². The van der Waals surface area contributed by atoms with Crippen molar-refractivity contribution in [1.29, 1.82) is 5.26 Å². The molecule has 0 atom stereocenters. The van der Waals surface area contributed by atoms with Gasteiger partial charge in [0.1, 0.15) is 5.40 Å².